The van der Waals surface area contributed by atoms with Crippen LogP contribution in [0.4, 0.5) is 11.4 Å². The summed E-state index contributed by atoms with van der Waals surface area (Å²) in [5.74, 6) is -0.713. The lowest BCUT2D eigenvalue weighted by Crippen LogP contribution is -2.30. The molecule has 0 saturated carbocycles. The second-order valence-electron chi connectivity index (χ2n) is 8.61. The zero-order valence-corrected chi connectivity index (χ0v) is 22.2. The van der Waals surface area contributed by atoms with Crippen molar-refractivity contribution < 1.29 is 22.7 Å². The Hall–Kier alpha value is -4.47. The molecule has 0 atom stereocenters. The maximum Gasteiger partial charge on any atom is 0.264 e. The largest absolute Gasteiger partial charge is 0.383 e. The molecule has 0 aromatic heterocycles. The molecule has 2 amide bonds. The zero-order valence-electron chi connectivity index (χ0n) is 21.4. The molecule has 0 saturated heterocycles. The van der Waals surface area contributed by atoms with Gasteiger partial charge in [-0.05, 0) is 54.1 Å². The number of hydrogen-bond acceptors (Lipinski definition) is 5. The molecule has 2 N–H and O–H groups in total. The fourth-order valence-corrected chi connectivity index (χ4v) is 5.38. The summed E-state index contributed by atoms with van der Waals surface area (Å²) in [6.45, 7) is 0.799. The molecular weight excluding hydrogens is 514 g/mol. The van der Waals surface area contributed by atoms with Crippen LogP contribution in [-0.2, 0) is 21.3 Å². The Bertz CT molecular complexity index is 1510. The van der Waals surface area contributed by atoms with Crippen LogP contribution in [0.2, 0.25) is 0 Å². The first-order valence-corrected chi connectivity index (χ1v) is 13.7. The van der Waals surface area contributed by atoms with Crippen molar-refractivity contribution in [2.45, 2.75) is 11.4 Å². The fraction of sp³-hybridized carbons (Fsp3) is 0.133. The number of amides is 2. The fourth-order valence-electron chi connectivity index (χ4n) is 3.90. The molecule has 8 nitrogen and oxygen atoms in total. The lowest BCUT2D eigenvalue weighted by Gasteiger charge is -2.25. The average Bonchev–Trinajstić information content (AvgIpc) is 2.97. The van der Waals surface area contributed by atoms with Gasteiger partial charge in [0.1, 0.15) is 0 Å². The third-order valence-electron chi connectivity index (χ3n) is 5.93. The van der Waals surface area contributed by atoms with Crippen LogP contribution in [0, 0.1) is 0 Å². The summed E-state index contributed by atoms with van der Waals surface area (Å²) in [5, 5.41) is 5.54. The van der Waals surface area contributed by atoms with E-state index in [1.54, 1.807) is 110 Å². The van der Waals surface area contributed by atoms with Gasteiger partial charge in [-0.15, -0.1) is 0 Å². The molecule has 0 aliphatic carbocycles. The maximum atomic E-state index is 13.5. The highest BCUT2D eigenvalue weighted by molar-refractivity contribution is 7.92. The van der Waals surface area contributed by atoms with Gasteiger partial charge in [0, 0.05) is 19.2 Å². The molecule has 0 radical (unpaired) electrons. The minimum Gasteiger partial charge on any atom is -0.383 e. The second-order valence-corrected chi connectivity index (χ2v) is 10.5. The number of rotatable bonds is 11. The van der Waals surface area contributed by atoms with Crippen molar-refractivity contribution in [3.8, 4) is 0 Å². The molecule has 200 valence electrons. The van der Waals surface area contributed by atoms with E-state index in [1.807, 2.05) is 6.07 Å². The summed E-state index contributed by atoms with van der Waals surface area (Å²) < 4.78 is 33.3. The molecule has 9 heteroatoms. The summed E-state index contributed by atoms with van der Waals surface area (Å²) in [6, 6.07) is 30.6. The van der Waals surface area contributed by atoms with Gasteiger partial charge in [-0.1, -0.05) is 60.7 Å². The molecule has 0 aliphatic rings. The molecule has 4 aromatic carbocycles. The highest BCUT2D eigenvalue weighted by Crippen LogP contribution is 2.26. The van der Waals surface area contributed by atoms with Crippen molar-refractivity contribution >= 4 is 33.2 Å². The SMILES string of the molecule is COCCNC(=O)c1ccccc1NC(=O)c1ccc(CN(c2ccccc2)S(=O)(=O)c2ccccc2)cc1. The van der Waals surface area contributed by atoms with E-state index in [0.29, 0.717) is 41.2 Å². The number of benzene rings is 4. The van der Waals surface area contributed by atoms with Gasteiger partial charge < -0.3 is 15.4 Å². The molecule has 4 rings (SSSR count). The predicted molar refractivity (Wildman–Crippen MR) is 151 cm³/mol. The Morgan fingerprint density at radius 3 is 2.05 bits per heavy atom. The highest BCUT2D eigenvalue weighted by atomic mass is 32.2. The number of carbonyl (C=O) groups is 2. The maximum absolute atomic E-state index is 13.5. The van der Waals surface area contributed by atoms with E-state index in [2.05, 4.69) is 10.6 Å². The summed E-state index contributed by atoms with van der Waals surface area (Å²) >= 11 is 0. The smallest absolute Gasteiger partial charge is 0.264 e. The van der Waals surface area contributed by atoms with Crippen LogP contribution in [0.3, 0.4) is 0 Å². The third kappa shape index (κ3) is 6.90. The Kier molecular flexibility index (Phi) is 9.09. The molecule has 39 heavy (non-hydrogen) atoms. The van der Waals surface area contributed by atoms with Crippen LogP contribution in [-0.4, -0.2) is 40.5 Å². The first-order chi connectivity index (χ1) is 18.9. The molecule has 4 aromatic rings. The molecule has 0 fully saturated rings. The summed E-state index contributed by atoms with van der Waals surface area (Å²) in [4.78, 5) is 25.7. The van der Waals surface area contributed by atoms with E-state index in [9.17, 15) is 18.0 Å². The van der Waals surface area contributed by atoms with Gasteiger partial charge in [0.2, 0.25) is 0 Å². The monoisotopic (exact) mass is 543 g/mol. The number of methoxy groups -OCH3 is 1. The molecule has 0 unspecified atom stereocenters. The van der Waals surface area contributed by atoms with Gasteiger partial charge in [-0.2, -0.15) is 0 Å². The number of anilines is 2. The number of nitrogens with zero attached hydrogens (tertiary/aromatic N) is 1. The van der Waals surface area contributed by atoms with E-state index < -0.39 is 15.9 Å². The van der Waals surface area contributed by atoms with Gasteiger partial charge in [-0.25, -0.2) is 8.42 Å². The Labute approximate surface area is 228 Å². The van der Waals surface area contributed by atoms with Crippen molar-refractivity contribution in [2.24, 2.45) is 0 Å². The van der Waals surface area contributed by atoms with Crippen LogP contribution in [0.15, 0.2) is 114 Å². The first-order valence-electron chi connectivity index (χ1n) is 12.3. The molecule has 0 heterocycles. The van der Waals surface area contributed by atoms with Crippen LogP contribution < -0.4 is 14.9 Å². The van der Waals surface area contributed by atoms with Crippen molar-refractivity contribution in [3.05, 3.63) is 126 Å². The number of nitrogens with one attached hydrogen (secondary N) is 2. The standard InChI is InChI=1S/C30H29N3O5S/c1-38-21-20-31-30(35)27-14-8-9-15-28(27)32-29(34)24-18-16-23(17-19-24)22-33(25-10-4-2-5-11-25)39(36,37)26-12-6-3-7-13-26/h2-19H,20-22H2,1H3,(H,31,35)(H,32,34). The number of para-hydroxylation sites is 2. The minimum atomic E-state index is -3.83. The zero-order chi connectivity index (χ0) is 27.7. The van der Waals surface area contributed by atoms with Crippen LogP contribution in [0.25, 0.3) is 0 Å². The Morgan fingerprint density at radius 1 is 0.769 bits per heavy atom. The summed E-state index contributed by atoms with van der Waals surface area (Å²) in [6.07, 6.45) is 0. The quantitative estimate of drug-likeness (QED) is 0.267. The normalized spacial score (nSPS) is 11.0. The van der Waals surface area contributed by atoms with Crippen molar-refractivity contribution in [3.63, 3.8) is 0 Å². The topological polar surface area (TPSA) is 105 Å². The molecule has 0 aliphatic heterocycles. The molecular formula is C30H29N3O5S. The van der Waals surface area contributed by atoms with Gasteiger partial charge in [0.05, 0.1) is 35.0 Å². The average molecular weight is 544 g/mol. The van der Waals surface area contributed by atoms with Crippen molar-refractivity contribution in [2.75, 3.05) is 29.9 Å². The molecule has 0 bridgehead atoms. The molecule has 0 spiro atoms. The number of hydrogen-bond donors (Lipinski definition) is 2. The van der Waals surface area contributed by atoms with E-state index in [-0.39, 0.29) is 17.3 Å². The lowest BCUT2D eigenvalue weighted by molar-refractivity contribution is 0.0938. The summed E-state index contributed by atoms with van der Waals surface area (Å²) in [5.41, 5.74) is 2.32. The van der Waals surface area contributed by atoms with Gasteiger partial charge in [0.15, 0.2) is 0 Å². The predicted octanol–water partition coefficient (Wildman–Crippen LogP) is 4.71. The van der Waals surface area contributed by atoms with E-state index >= 15 is 0 Å². The third-order valence-corrected chi connectivity index (χ3v) is 7.72. The number of sulfonamides is 1. The summed E-state index contributed by atoms with van der Waals surface area (Å²) in [7, 11) is -2.28. The van der Waals surface area contributed by atoms with Crippen LogP contribution in [0.1, 0.15) is 26.3 Å². The van der Waals surface area contributed by atoms with Crippen molar-refractivity contribution in [1.29, 1.82) is 0 Å². The van der Waals surface area contributed by atoms with Crippen molar-refractivity contribution in [1.82, 2.24) is 5.32 Å². The Balaban J connectivity index is 1.52. The first kappa shape index (κ1) is 27.6. The minimum absolute atomic E-state index is 0.0770. The Morgan fingerprint density at radius 2 is 1.38 bits per heavy atom. The number of ether oxygens (including phenoxy) is 1. The number of carbonyl (C=O) groups excluding carboxylic acids is 2. The van der Waals surface area contributed by atoms with E-state index in [4.69, 9.17) is 4.74 Å². The second kappa shape index (κ2) is 12.9. The van der Waals surface area contributed by atoms with Gasteiger partial charge >= 0.3 is 0 Å². The van der Waals surface area contributed by atoms with Crippen LogP contribution in [0.5, 0.6) is 0 Å². The van der Waals surface area contributed by atoms with E-state index in [1.165, 1.54) is 4.31 Å². The van der Waals surface area contributed by atoms with Crippen LogP contribution >= 0.6 is 0 Å². The van der Waals surface area contributed by atoms with Gasteiger partial charge in [-0.3, -0.25) is 13.9 Å². The van der Waals surface area contributed by atoms with E-state index in [0.717, 1.165) is 0 Å². The highest BCUT2D eigenvalue weighted by Gasteiger charge is 2.25. The lowest BCUT2D eigenvalue weighted by atomic mass is 10.1. The van der Waals surface area contributed by atoms with Gasteiger partial charge in [0.25, 0.3) is 21.8 Å².